The van der Waals surface area contributed by atoms with Gasteiger partial charge in [-0.1, -0.05) is 11.6 Å². The van der Waals surface area contributed by atoms with E-state index in [0.717, 1.165) is 11.3 Å². The van der Waals surface area contributed by atoms with Crippen LogP contribution in [0.1, 0.15) is 28.2 Å². The number of carbonyl (C=O) groups is 2. The highest BCUT2D eigenvalue weighted by Gasteiger charge is 2.20. The summed E-state index contributed by atoms with van der Waals surface area (Å²) in [6.45, 7) is 1.94. The average Bonchev–Trinajstić information content (AvgIpc) is 2.98. The monoisotopic (exact) mass is 431 g/mol. The molecule has 2 aromatic rings. The zero-order chi connectivity index (χ0) is 20.0. The Morgan fingerprint density at radius 1 is 1.26 bits per heavy atom. The summed E-state index contributed by atoms with van der Waals surface area (Å²) < 4.78 is 31.6. The van der Waals surface area contributed by atoms with Gasteiger partial charge in [0, 0.05) is 22.9 Å². The lowest BCUT2D eigenvalue weighted by Gasteiger charge is -2.05. The third-order valence-electron chi connectivity index (χ3n) is 3.43. The fraction of sp³-hybridized carbons (Fsp3) is 0.312. The highest BCUT2D eigenvalue weighted by Crippen LogP contribution is 2.25. The number of benzene rings is 1. The van der Waals surface area contributed by atoms with E-state index in [0.29, 0.717) is 16.3 Å². The number of nitrogens with zero attached hydrogens (tertiary/aromatic N) is 1. The Morgan fingerprint density at radius 2 is 1.93 bits per heavy atom. The summed E-state index contributed by atoms with van der Waals surface area (Å²) in [5.41, 5.74) is 0.131. The van der Waals surface area contributed by atoms with Gasteiger partial charge in [-0.25, -0.2) is 13.4 Å². The van der Waals surface area contributed by atoms with Crippen molar-refractivity contribution in [3.63, 3.8) is 0 Å². The molecule has 0 aliphatic carbocycles. The first-order valence-electron chi connectivity index (χ1n) is 7.84. The van der Waals surface area contributed by atoms with Crippen molar-refractivity contribution in [3.8, 4) is 0 Å². The SMILES string of the molecule is COC(=O)CCCNC(=O)c1nc(NS(=O)(=O)c2ccc(Cl)cc2)sc1C. The van der Waals surface area contributed by atoms with Crippen LogP contribution < -0.4 is 10.0 Å². The number of carbonyl (C=O) groups excluding carboxylic acids is 2. The van der Waals surface area contributed by atoms with E-state index in [2.05, 4.69) is 19.8 Å². The second kappa shape index (κ2) is 9.16. The van der Waals surface area contributed by atoms with Crippen LogP contribution in [0.2, 0.25) is 5.02 Å². The maximum absolute atomic E-state index is 12.4. The molecule has 11 heteroatoms. The molecule has 1 heterocycles. The number of aromatic nitrogens is 1. The van der Waals surface area contributed by atoms with E-state index in [4.69, 9.17) is 11.6 Å². The molecule has 0 saturated heterocycles. The van der Waals surface area contributed by atoms with Gasteiger partial charge in [0.25, 0.3) is 15.9 Å². The molecule has 1 aromatic carbocycles. The van der Waals surface area contributed by atoms with E-state index in [1.807, 2.05) is 0 Å². The van der Waals surface area contributed by atoms with Crippen LogP contribution in [0.4, 0.5) is 5.13 Å². The molecule has 0 aliphatic heterocycles. The number of esters is 1. The Balaban J connectivity index is 2.01. The van der Waals surface area contributed by atoms with Gasteiger partial charge in [-0.05, 0) is 37.6 Å². The summed E-state index contributed by atoms with van der Waals surface area (Å²) in [6, 6.07) is 5.69. The topological polar surface area (TPSA) is 114 Å². The van der Waals surface area contributed by atoms with Crippen LogP contribution in [0.5, 0.6) is 0 Å². The number of anilines is 1. The van der Waals surface area contributed by atoms with Gasteiger partial charge in [0.05, 0.1) is 12.0 Å². The minimum Gasteiger partial charge on any atom is -0.469 e. The van der Waals surface area contributed by atoms with Gasteiger partial charge in [-0.15, -0.1) is 11.3 Å². The number of rotatable bonds is 8. The summed E-state index contributed by atoms with van der Waals surface area (Å²) in [5.74, 6) is -0.793. The highest BCUT2D eigenvalue weighted by molar-refractivity contribution is 7.93. The van der Waals surface area contributed by atoms with Crippen molar-refractivity contribution in [2.75, 3.05) is 18.4 Å². The smallest absolute Gasteiger partial charge is 0.305 e. The minimum atomic E-state index is -3.84. The molecule has 8 nitrogen and oxygen atoms in total. The maximum atomic E-state index is 12.4. The van der Waals surface area contributed by atoms with Crippen LogP contribution in [0.15, 0.2) is 29.2 Å². The largest absolute Gasteiger partial charge is 0.469 e. The number of halogens is 1. The van der Waals surface area contributed by atoms with Crippen molar-refractivity contribution >= 4 is 50.0 Å². The van der Waals surface area contributed by atoms with Crippen LogP contribution in [0.25, 0.3) is 0 Å². The zero-order valence-corrected chi connectivity index (χ0v) is 17.0. The molecule has 0 radical (unpaired) electrons. The Bertz CT molecular complexity index is 926. The van der Waals surface area contributed by atoms with Crippen molar-refractivity contribution in [2.45, 2.75) is 24.7 Å². The Labute approximate surface area is 166 Å². The van der Waals surface area contributed by atoms with Crippen LogP contribution >= 0.6 is 22.9 Å². The van der Waals surface area contributed by atoms with Crippen LogP contribution in [0.3, 0.4) is 0 Å². The molecule has 146 valence electrons. The first-order valence-corrected chi connectivity index (χ1v) is 10.5. The van der Waals surface area contributed by atoms with E-state index in [-0.39, 0.29) is 34.7 Å². The molecule has 27 heavy (non-hydrogen) atoms. The van der Waals surface area contributed by atoms with Crippen molar-refractivity contribution in [1.29, 1.82) is 0 Å². The molecule has 2 rings (SSSR count). The molecule has 0 saturated carbocycles. The van der Waals surface area contributed by atoms with E-state index in [9.17, 15) is 18.0 Å². The third-order valence-corrected chi connectivity index (χ3v) is 6.05. The number of hydrogen-bond acceptors (Lipinski definition) is 7. The van der Waals surface area contributed by atoms with E-state index < -0.39 is 15.9 Å². The first-order chi connectivity index (χ1) is 12.7. The van der Waals surface area contributed by atoms with Crippen molar-refractivity contribution < 1.29 is 22.7 Å². The number of nitrogens with one attached hydrogen (secondary N) is 2. The number of hydrogen-bond donors (Lipinski definition) is 2. The van der Waals surface area contributed by atoms with Crippen molar-refractivity contribution in [1.82, 2.24) is 10.3 Å². The summed E-state index contributed by atoms with van der Waals surface area (Å²) in [5, 5.41) is 3.15. The number of aryl methyl sites for hydroxylation is 1. The lowest BCUT2D eigenvalue weighted by Crippen LogP contribution is -2.26. The normalized spacial score (nSPS) is 11.1. The molecule has 0 bridgehead atoms. The lowest BCUT2D eigenvalue weighted by molar-refractivity contribution is -0.140. The molecule has 2 N–H and O–H groups in total. The second-order valence-corrected chi connectivity index (χ2v) is 8.74. The quantitative estimate of drug-likeness (QED) is 0.490. The molecule has 0 spiro atoms. The number of methoxy groups -OCH3 is 1. The Hall–Kier alpha value is -2.17. The van der Waals surface area contributed by atoms with E-state index in [1.165, 1.54) is 31.4 Å². The minimum absolute atomic E-state index is 0.0357. The van der Waals surface area contributed by atoms with Gasteiger partial charge in [-0.3, -0.25) is 14.3 Å². The standard InChI is InChI=1S/C16H18ClN3O5S2/c1-10-14(15(22)18-9-3-4-13(21)25-2)19-16(26-10)20-27(23,24)12-7-5-11(17)6-8-12/h5-8H,3-4,9H2,1-2H3,(H,18,22)(H,19,20). The van der Waals surface area contributed by atoms with Gasteiger partial charge in [0.15, 0.2) is 5.13 Å². The maximum Gasteiger partial charge on any atom is 0.305 e. The number of sulfonamides is 1. The molecule has 0 unspecified atom stereocenters. The number of amides is 1. The summed E-state index contributed by atoms with van der Waals surface area (Å²) in [4.78, 5) is 27.9. The Morgan fingerprint density at radius 3 is 2.56 bits per heavy atom. The second-order valence-electron chi connectivity index (χ2n) is 5.42. The van der Waals surface area contributed by atoms with Gasteiger partial charge >= 0.3 is 5.97 Å². The van der Waals surface area contributed by atoms with E-state index >= 15 is 0 Å². The predicted octanol–water partition coefficient (Wildman–Crippen LogP) is 2.59. The predicted molar refractivity (Wildman–Crippen MR) is 103 cm³/mol. The van der Waals surface area contributed by atoms with Gasteiger partial charge in [-0.2, -0.15) is 0 Å². The fourth-order valence-corrected chi connectivity index (χ4v) is 4.23. The molecular formula is C16H18ClN3O5S2. The summed E-state index contributed by atoms with van der Waals surface area (Å²) in [6.07, 6.45) is 0.622. The van der Waals surface area contributed by atoms with E-state index in [1.54, 1.807) is 6.92 Å². The molecule has 0 aliphatic rings. The lowest BCUT2D eigenvalue weighted by atomic mass is 10.3. The molecule has 0 atom stereocenters. The van der Waals surface area contributed by atoms with Crippen LogP contribution in [-0.4, -0.2) is 38.9 Å². The van der Waals surface area contributed by atoms with Gasteiger partial charge < -0.3 is 10.1 Å². The molecule has 1 aromatic heterocycles. The van der Waals surface area contributed by atoms with Crippen molar-refractivity contribution in [3.05, 3.63) is 39.9 Å². The third kappa shape index (κ3) is 5.91. The zero-order valence-electron chi connectivity index (χ0n) is 14.6. The number of thiazole rings is 1. The molecule has 1 amide bonds. The fourth-order valence-electron chi connectivity index (χ4n) is 2.06. The number of ether oxygens (including phenoxy) is 1. The average molecular weight is 432 g/mol. The van der Waals surface area contributed by atoms with Crippen molar-refractivity contribution in [2.24, 2.45) is 0 Å². The van der Waals surface area contributed by atoms with Crippen LogP contribution in [-0.2, 0) is 19.6 Å². The summed E-state index contributed by atoms with van der Waals surface area (Å²) in [7, 11) is -2.54. The molecular weight excluding hydrogens is 414 g/mol. The first kappa shape index (κ1) is 21.1. The summed E-state index contributed by atoms with van der Waals surface area (Å²) >= 11 is 6.82. The highest BCUT2D eigenvalue weighted by atomic mass is 35.5. The molecule has 0 fully saturated rings. The van der Waals surface area contributed by atoms with Gasteiger partial charge in [0.1, 0.15) is 5.69 Å². The Kier molecular flexibility index (Phi) is 7.17. The van der Waals surface area contributed by atoms with Crippen LogP contribution in [0, 0.1) is 6.92 Å². The van der Waals surface area contributed by atoms with Gasteiger partial charge in [0.2, 0.25) is 0 Å².